The highest BCUT2D eigenvalue weighted by Crippen LogP contribution is 2.50. The van der Waals surface area contributed by atoms with Crippen LogP contribution < -0.4 is 5.32 Å². The summed E-state index contributed by atoms with van der Waals surface area (Å²) in [5.74, 6) is 0. The topological polar surface area (TPSA) is 41.6 Å². The first kappa shape index (κ1) is 13.2. The average Bonchev–Trinajstić information content (AvgIpc) is 3.02. The third-order valence-corrected chi connectivity index (χ3v) is 4.97. The molecular formula is C15H26N2O2. The van der Waals surface area contributed by atoms with Gasteiger partial charge in [-0.1, -0.05) is 0 Å². The summed E-state index contributed by atoms with van der Waals surface area (Å²) < 4.78 is 5.65. The van der Waals surface area contributed by atoms with E-state index in [1.807, 2.05) is 20.8 Å². The van der Waals surface area contributed by atoms with E-state index < -0.39 is 5.60 Å². The first-order chi connectivity index (χ1) is 8.92. The lowest BCUT2D eigenvalue weighted by atomic mass is 9.81. The van der Waals surface area contributed by atoms with Crippen molar-refractivity contribution >= 4 is 6.09 Å². The van der Waals surface area contributed by atoms with Crippen molar-refractivity contribution in [3.63, 3.8) is 0 Å². The molecule has 3 saturated heterocycles. The monoisotopic (exact) mass is 266 g/mol. The zero-order chi connectivity index (χ0) is 13.7. The molecule has 3 rings (SSSR count). The Hall–Kier alpha value is -0.770. The van der Waals surface area contributed by atoms with Gasteiger partial charge in [-0.25, -0.2) is 4.79 Å². The summed E-state index contributed by atoms with van der Waals surface area (Å²) in [6, 6.07) is 0.893. The quantitative estimate of drug-likeness (QED) is 0.793. The zero-order valence-electron chi connectivity index (χ0n) is 12.4. The van der Waals surface area contributed by atoms with Crippen molar-refractivity contribution in [1.82, 2.24) is 10.2 Å². The Labute approximate surface area is 115 Å². The first-order valence-electron chi connectivity index (χ1n) is 7.68. The fourth-order valence-corrected chi connectivity index (χ4v) is 4.27. The summed E-state index contributed by atoms with van der Waals surface area (Å²) in [6.07, 6.45) is 6.93. The fourth-order valence-electron chi connectivity index (χ4n) is 4.27. The van der Waals surface area contributed by atoms with Crippen LogP contribution in [0.5, 0.6) is 0 Å². The van der Waals surface area contributed by atoms with E-state index >= 15 is 0 Å². The summed E-state index contributed by atoms with van der Waals surface area (Å²) in [7, 11) is 0. The van der Waals surface area contributed by atoms with Crippen molar-refractivity contribution in [3.8, 4) is 0 Å². The summed E-state index contributed by atoms with van der Waals surface area (Å²) in [5.41, 5.74) is -0.354. The van der Waals surface area contributed by atoms with E-state index in [0.29, 0.717) is 12.1 Å². The number of rotatable bonds is 1. The van der Waals surface area contributed by atoms with Gasteiger partial charge < -0.3 is 10.1 Å². The third kappa shape index (κ3) is 2.14. The molecule has 0 aromatic heterocycles. The highest BCUT2D eigenvalue weighted by Gasteiger charge is 2.58. The summed E-state index contributed by atoms with van der Waals surface area (Å²) in [4.78, 5) is 14.7. The van der Waals surface area contributed by atoms with Crippen LogP contribution in [-0.4, -0.2) is 40.8 Å². The van der Waals surface area contributed by atoms with Crippen molar-refractivity contribution in [3.05, 3.63) is 0 Å². The van der Waals surface area contributed by atoms with E-state index in [2.05, 4.69) is 10.2 Å². The van der Waals surface area contributed by atoms with Crippen molar-refractivity contribution in [2.24, 2.45) is 0 Å². The highest BCUT2D eigenvalue weighted by atomic mass is 16.6. The fraction of sp³-hybridized carbons (Fsp3) is 0.933. The number of ether oxygens (including phenoxy) is 1. The number of nitrogens with zero attached hydrogens (tertiary/aromatic N) is 1. The van der Waals surface area contributed by atoms with Crippen LogP contribution in [0.1, 0.15) is 59.3 Å². The number of fused-ring (bicyclic) bond motifs is 2. The van der Waals surface area contributed by atoms with Gasteiger partial charge in [-0.2, -0.15) is 0 Å². The molecule has 0 spiro atoms. The van der Waals surface area contributed by atoms with E-state index in [-0.39, 0.29) is 11.6 Å². The average molecular weight is 266 g/mol. The Morgan fingerprint density at radius 2 is 1.95 bits per heavy atom. The SMILES string of the molecule is CC(C)(C)OC(=O)N1C2CCC1(C1CCCN1)CC2. The minimum absolute atomic E-state index is 0.0451. The lowest BCUT2D eigenvalue weighted by Gasteiger charge is -2.40. The normalized spacial score (nSPS) is 37.9. The Bertz CT molecular complexity index is 361. The molecule has 2 bridgehead atoms. The van der Waals surface area contributed by atoms with Crippen molar-refractivity contribution in [2.45, 2.75) is 82.5 Å². The summed E-state index contributed by atoms with van der Waals surface area (Å²) in [5, 5.41) is 3.62. The van der Waals surface area contributed by atoms with Gasteiger partial charge in [0.15, 0.2) is 0 Å². The second-order valence-corrected chi connectivity index (χ2v) is 7.33. The molecule has 3 heterocycles. The van der Waals surface area contributed by atoms with E-state index in [9.17, 15) is 4.79 Å². The minimum Gasteiger partial charge on any atom is -0.444 e. The number of carbonyl (C=O) groups excluding carboxylic acids is 1. The van der Waals surface area contributed by atoms with E-state index in [1.54, 1.807) is 0 Å². The molecule has 1 N–H and O–H groups in total. The van der Waals surface area contributed by atoms with Crippen LogP contribution >= 0.6 is 0 Å². The maximum atomic E-state index is 12.6. The minimum atomic E-state index is -0.399. The smallest absolute Gasteiger partial charge is 0.411 e. The molecule has 3 aliphatic rings. The van der Waals surface area contributed by atoms with Gasteiger partial charge in [-0.15, -0.1) is 0 Å². The second kappa shape index (κ2) is 4.37. The van der Waals surface area contributed by atoms with Gasteiger partial charge in [0.25, 0.3) is 0 Å². The molecule has 0 saturated carbocycles. The molecule has 1 unspecified atom stereocenters. The first-order valence-corrected chi connectivity index (χ1v) is 7.68. The predicted octanol–water partition coefficient (Wildman–Crippen LogP) is 2.67. The van der Waals surface area contributed by atoms with Crippen LogP contribution in [0.25, 0.3) is 0 Å². The molecule has 3 aliphatic heterocycles. The Kier molecular flexibility index (Phi) is 3.04. The van der Waals surface area contributed by atoms with Crippen LogP contribution in [0.15, 0.2) is 0 Å². The van der Waals surface area contributed by atoms with Crippen LogP contribution in [0.4, 0.5) is 4.79 Å². The molecule has 0 aromatic carbocycles. The van der Waals surface area contributed by atoms with Gasteiger partial charge in [0.1, 0.15) is 5.60 Å². The van der Waals surface area contributed by atoms with Crippen molar-refractivity contribution in [1.29, 1.82) is 0 Å². The molecular weight excluding hydrogens is 240 g/mol. The molecule has 108 valence electrons. The van der Waals surface area contributed by atoms with Crippen LogP contribution in [-0.2, 0) is 4.74 Å². The van der Waals surface area contributed by atoms with Crippen molar-refractivity contribution < 1.29 is 9.53 Å². The molecule has 0 radical (unpaired) electrons. The molecule has 1 atom stereocenters. The Morgan fingerprint density at radius 3 is 2.47 bits per heavy atom. The molecule has 0 aliphatic carbocycles. The lowest BCUT2D eigenvalue weighted by Crippen LogP contribution is -2.57. The number of hydrogen-bond donors (Lipinski definition) is 1. The molecule has 0 aromatic rings. The number of carbonyl (C=O) groups is 1. The van der Waals surface area contributed by atoms with E-state index in [1.165, 1.54) is 12.8 Å². The molecule has 19 heavy (non-hydrogen) atoms. The molecule has 4 nitrogen and oxygen atoms in total. The van der Waals surface area contributed by atoms with E-state index in [4.69, 9.17) is 4.74 Å². The van der Waals surface area contributed by atoms with Crippen LogP contribution in [0, 0.1) is 0 Å². The number of amides is 1. The van der Waals surface area contributed by atoms with Gasteiger partial charge >= 0.3 is 6.09 Å². The predicted molar refractivity (Wildman–Crippen MR) is 74.1 cm³/mol. The largest absolute Gasteiger partial charge is 0.444 e. The Balaban J connectivity index is 1.81. The van der Waals surface area contributed by atoms with Gasteiger partial charge in [0.2, 0.25) is 0 Å². The van der Waals surface area contributed by atoms with Crippen LogP contribution in [0.3, 0.4) is 0 Å². The van der Waals surface area contributed by atoms with Gasteiger partial charge in [0, 0.05) is 12.1 Å². The molecule has 4 heteroatoms. The van der Waals surface area contributed by atoms with Gasteiger partial charge in [-0.3, -0.25) is 4.90 Å². The van der Waals surface area contributed by atoms with E-state index in [0.717, 1.165) is 32.2 Å². The summed E-state index contributed by atoms with van der Waals surface area (Å²) >= 11 is 0. The lowest BCUT2D eigenvalue weighted by molar-refractivity contribution is 0.00418. The Morgan fingerprint density at radius 1 is 1.26 bits per heavy atom. The van der Waals surface area contributed by atoms with Crippen LogP contribution in [0.2, 0.25) is 0 Å². The maximum absolute atomic E-state index is 12.6. The highest BCUT2D eigenvalue weighted by molar-refractivity contribution is 5.71. The zero-order valence-corrected chi connectivity index (χ0v) is 12.4. The maximum Gasteiger partial charge on any atom is 0.411 e. The standard InChI is InChI=1S/C15H26N2O2/c1-14(2,3)19-13(18)17-11-6-8-15(17,9-7-11)12-5-4-10-16-12/h11-12,16H,4-10H2,1-3H3. The van der Waals surface area contributed by atoms with Crippen molar-refractivity contribution in [2.75, 3.05) is 6.54 Å². The second-order valence-electron chi connectivity index (χ2n) is 7.33. The summed E-state index contributed by atoms with van der Waals surface area (Å²) in [6.45, 7) is 6.94. The molecule has 3 fully saturated rings. The van der Waals surface area contributed by atoms with Gasteiger partial charge in [0.05, 0.1) is 5.54 Å². The molecule has 1 amide bonds. The number of nitrogens with one attached hydrogen (secondary N) is 1. The third-order valence-electron chi connectivity index (χ3n) is 4.97. The number of hydrogen-bond acceptors (Lipinski definition) is 3. The van der Waals surface area contributed by atoms with Gasteiger partial charge in [-0.05, 0) is 65.8 Å².